The molecule has 2 N–H and O–H groups in total. The van der Waals surface area contributed by atoms with Crippen molar-refractivity contribution in [3.63, 3.8) is 0 Å². The molecule has 4 atom stereocenters. The van der Waals surface area contributed by atoms with Gasteiger partial charge in [-0.2, -0.15) is 0 Å². The molecule has 0 radical (unpaired) electrons. The molecule has 15 heavy (non-hydrogen) atoms. The van der Waals surface area contributed by atoms with Gasteiger partial charge in [0.05, 0.1) is 18.1 Å². The molecule has 0 aliphatic carbocycles. The highest BCUT2D eigenvalue weighted by Gasteiger charge is 2.57. The predicted octanol–water partition coefficient (Wildman–Crippen LogP) is -0.188. The van der Waals surface area contributed by atoms with E-state index in [-0.39, 0.29) is 23.6 Å². The zero-order valence-corrected chi connectivity index (χ0v) is 8.54. The van der Waals surface area contributed by atoms with Crippen LogP contribution in [0.4, 0.5) is 0 Å². The number of carboxylic acids is 1. The van der Waals surface area contributed by atoms with Crippen LogP contribution >= 0.6 is 0 Å². The van der Waals surface area contributed by atoms with Gasteiger partial charge in [0, 0.05) is 0 Å². The minimum absolute atomic E-state index is 0.00611. The number of hydrogen-bond acceptors (Lipinski definition) is 3. The molecule has 2 heterocycles. The second-order valence-corrected chi connectivity index (χ2v) is 4.18. The zero-order valence-electron chi connectivity index (χ0n) is 8.54. The summed E-state index contributed by atoms with van der Waals surface area (Å²) in [5.41, 5.74) is 0.0504. The van der Waals surface area contributed by atoms with Gasteiger partial charge < -0.3 is 15.1 Å². The minimum atomic E-state index is -1.08. The summed E-state index contributed by atoms with van der Waals surface area (Å²) >= 11 is 0. The number of carbonyl (C=O) groups excluding carboxylic acids is 1. The third-order valence-corrected chi connectivity index (χ3v) is 3.15. The first-order valence-corrected chi connectivity index (χ1v) is 4.91. The number of fused-ring (bicyclic) bond motifs is 1. The Hall–Kier alpha value is -1.36. The fourth-order valence-corrected chi connectivity index (χ4v) is 2.47. The number of rotatable bonds is 2. The van der Waals surface area contributed by atoms with Gasteiger partial charge in [0.15, 0.2) is 0 Å². The number of aliphatic carboxylic acids is 1. The summed E-state index contributed by atoms with van der Waals surface area (Å²) in [6.07, 6.45) is 0.857. The van der Waals surface area contributed by atoms with E-state index in [2.05, 4.69) is 0 Å². The van der Waals surface area contributed by atoms with E-state index in [4.69, 9.17) is 5.11 Å². The molecule has 2 rings (SSSR count). The van der Waals surface area contributed by atoms with Gasteiger partial charge in [0.25, 0.3) is 0 Å². The van der Waals surface area contributed by atoms with Gasteiger partial charge in [-0.3, -0.25) is 4.79 Å². The summed E-state index contributed by atoms with van der Waals surface area (Å²) in [4.78, 5) is 23.7. The number of β-lactam (4-membered cyclic amide) rings is 1. The standard InChI is InChI=1S/C10H13NO4/c1-4-3-6(10(14)15)11-8(4)7(5(2)12)9(11)13/h3-5,7-8,12H,1-2H3,(H,14,15)/t4-,5?,7?,8+/m1/s1. The van der Waals surface area contributed by atoms with Gasteiger partial charge >= 0.3 is 5.97 Å². The molecule has 0 spiro atoms. The van der Waals surface area contributed by atoms with Crippen LogP contribution in [0.15, 0.2) is 11.8 Å². The lowest BCUT2D eigenvalue weighted by molar-refractivity contribution is -0.163. The van der Waals surface area contributed by atoms with Crippen LogP contribution in [0.25, 0.3) is 0 Å². The molecular formula is C10H13NO4. The largest absolute Gasteiger partial charge is 0.477 e. The summed E-state index contributed by atoms with van der Waals surface area (Å²) in [7, 11) is 0. The topological polar surface area (TPSA) is 77.8 Å². The lowest BCUT2D eigenvalue weighted by Gasteiger charge is -2.46. The SMILES string of the molecule is CC(O)C1C(=O)N2C(C(=O)O)=C[C@@H](C)[C@@H]12. The predicted molar refractivity (Wildman–Crippen MR) is 50.7 cm³/mol. The number of amides is 1. The van der Waals surface area contributed by atoms with Crippen molar-refractivity contribution in [2.75, 3.05) is 0 Å². The van der Waals surface area contributed by atoms with Crippen LogP contribution < -0.4 is 0 Å². The van der Waals surface area contributed by atoms with Gasteiger partial charge in [-0.25, -0.2) is 4.79 Å². The fraction of sp³-hybridized carbons (Fsp3) is 0.600. The highest BCUT2D eigenvalue weighted by atomic mass is 16.4. The molecule has 5 heteroatoms. The maximum absolute atomic E-state index is 11.6. The lowest BCUT2D eigenvalue weighted by atomic mass is 9.79. The summed E-state index contributed by atoms with van der Waals surface area (Å²) in [5.74, 6) is -1.82. The third-order valence-electron chi connectivity index (χ3n) is 3.15. The van der Waals surface area contributed by atoms with Gasteiger partial charge in [-0.1, -0.05) is 6.92 Å². The first-order chi connectivity index (χ1) is 6.95. The van der Waals surface area contributed by atoms with Crippen molar-refractivity contribution in [3.05, 3.63) is 11.8 Å². The molecule has 1 saturated heterocycles. The molecule has 0 aromatic heterocycles. The molecular weight excluding hydrogens is 198 g/mol. The number of aliphatic hydroxyl groups excluding tert-OH is 1. The van der Waals surface area contributed by atoms with E-state index >= 15 is 0 Å². The molecule has 1 fully saturated rings. The van der Waals surface area contributed by atoms with E-state index in [1.807, 2.05) is 6.92 Å². The Morgan fingerprint density at radius 1 is 1.60 bits per heavy atom. The first-order valence-electron chi connectivity index (χ1n) is 4.91. The van der Waals surface area contributed by atoms with Crippen LogP contribution in [0.1, 0.15) is 13.8 Å². The molecule has 2 aliphatic rings. The quantitative estimate of drug-likeness (QED) is 0.621. The average Bonchev–Trinajstić information content (AvgIpc) is 2.38. The monoisotopic (exact) mass is 211 g/mol. The highest BCUT2D eigenvalue weighted by Crippen LogP contribution is 2.43. The van der Waals surface area contributed by atoms with E-state index in [9.17, 15) is 14.7 Å². The van der Waals surface area contributed by atoms with Gasteiger partial charge in [0.1, 0.15) is 5.70 Å². The van der Waals surface area contributed by atoms with E-state index in [0.29, 0.717) is 0 Å². The minimum Gasteiger partial charge on any atom is -0.477 e. The smallest absolute Gasteiger partial charge is 0.352 e. The molecule has 0 aromatic rings. The third kappa shape index (κ3) is 1.19. The summed E-state index contributed by atoms with van der Waals surface area (Å²) in [5, 5.41) is 18.3. The van der Waals surface area contributed by atoms with Crippen LogP contribution in [-0.4, -0.2) is 39.1 Å². The molecule has 2 aliphatic heterocycles. The van der Waals surface area contributed by atoms with Gasteiger partial charge in [0.2, 0.25) is 5.91 Å². The van der Waals surface area contributed by atoms with Crippen molar-refractivity contribution in [2.24, 2.45) is 11.8 Å². The van der Waals surface area contributed by atoms with Gasteiger partial charge in [-0.15, -0.1) is 0 Å². The van der Waals surface area contributed by atoms with Gasteiger partial charge in [-0.05, 0) is 18.9 Å². The maximum Gasteiger partial charge on any atom is 0.352 e. The van der Waals surface area contributed by atoms with E-state index in [1.165, 1.54) is 4.90 Å². The van der Waals surface area contributed by atoms with Crippen molar-refractivity contribution >= 4 is 11.9 Å². The second kappa shape index (κ2) is 3.06. The van der Waals surface area contributed by atoms with Crippen molar-refractivity contribution in [2.45, 2.75) is 26.0 Å². The van der Waals surface area contributed by atoms with E-state index in [1.54, 1.807) is 13.0 Å². The van der Waals surface area contributed by atoms with Crippen molar-refractivity contribution < 1.29 is 19.8 Å². The summed E-state index contributed by atoms with van der Waals surface area (Å²) in [6.45, 7) is 3.42. The summed E-state index contributed by atoms with van der Waals surface area (Å²) in [6, 6.07) is -0.177. The Morgan fingerprint density at radius 2 is 2.20 bits per heavy atom. The molecule has 1 amide bonds. The molecule has 0 bridgehead atoms. The van der Waals surface area contributed by atoms with Crippen LogP contribution in [0.5, 0.6) is 0 Å². The number of aliphatic hydroxyl groups is 1. The number of hydrogen-bond donors (Lipinski definition) is 2. The first kappa shape index (κ1) is 10.2. The second-order valence-electron chi connectivity index (χ2n) is 4.18. The van der Waals surface area contributed by atoms with Crippen molar-refractivity contribution in [1.82, 2.24) is 4.90 Å². The van der Waals surface area contributed by atoms with Crippen LogP contribution in [0.2, 0.25) is 0 Å². The number of nitrogens with zero attached hydrogens (tertiary/aromatic N) is 1. The van der Waals surface area contributed by atoms with Crippen LogP contribution in [0.3, 0.4) is 0 Å². The fourth-order valence-electron chi connectivity index (χ4n) is 2.47. The van der Waals surface area contributed by atoms with Crippen molar-refractivity contribution in [1.29, 1.82) is 0 Å². The molecule has 5 nitrogen and oxygen atoms in total. The number of carboxylic acid groups (broad SMARTS) is 1. The molecule has 0 aromatic carbocycles. The molecule has 82 valence electrons. The average molecular weight is 211 g/mol. The van der Waals surface area contributed by atoms with E-state index in [0.717, 1.165) is 0 Å². The Morgan fingerprint density at radius 3 is 2.67 bits per heavy atom. The van der Waals surface area contributed by atoms with E-state index < -0.39 is 18.0 Å². The normalized spacial score (nSPS) is 35.7. The molecule has 0 saturated carbocycles. The number of carbonyl (C=O) groups is 2. The van der Waals surface area contributed by atoms with Crippen molar-refractivity contribution in [3.8, 4) is 0 Å². The molecule has 2 unspecified atom stereocenters. The Labute approximate surface area is 87.0 Å². The zero-order chi connectivity index (χ0) is 11.3. The Bertz CT molecular complexity index is 360. The lowest BCUT2D eigenvalue weighted by Crippen LogP contribution is -2.63. The van der Waals surface area contributed by atoms with Crippen LogP contribution in [-0.2, 0) is 9.59 Å². The maximum atomic E-state index is 11.6. The Balaban J connectivity index is 2.26. The Kier molecular flexibility index (Phi) is 2.08. The summed E-state index contributed by atoms with van der Waals surface area (Å²) < 4.78 is 0. The highest BCUT2D eigenvalue weighted by molar-refractivity contribution is 5.99. The van der Waals surface area contributed by atoms with Crippen LogP contribution in [0, 0.1) is 11.8 Å².